The Bertz CT molecular complexity index is 1060. The van der Waals surface area contributed by atoms with E-state index in [9.17, 15) is 13.2 Å². The standard InChI is InChI=1S/C20H18N2O4S/c1-14-5-10-19(15(2)12-14)27(24,25)22-20(23)16-6-8-17(9-7-16)26-18-4-3-11-21-13-18/h3-13H,1-2H3,(H,22,23). The lowest BCUT2D eigenvalue weighted by molar-refractivity contribution is 0.0981. The summed E-state index contributed by atoms with van der Waals surface area (Å²) >= 11 is 0. The Morgan fingerprint density at radius 2 is 1.74 bits per heavy atom. The molecule has 1 heterocycles. The molecule has 0 bridgehead atoms. The van der Waals surface area contributed by atoms with Crippen LogP contribution in [0.3, 0.4) is 0 Å². The molecule has 0 atom stereocenters. The highest BCUT2D eigenvalue weighted by Crippen LogP contribution is 2.21. The minimum Gasteiger partial charge on any atom is -0.456 e. The van der Waals surface area contributed by atoms with Crippen molar-refractivity contribution >= 4 is 15.9 Å². The van der Waals surface area contributed by atoms with E-state index in [-0.39, 0.29) is 10.5 Å². The Hall–Kier alpha value is -3.19. The largest absolute Gasteiger partial charge is 0.456 e. The van der Waals surface area contributed by atoms with Crippen LogP contribution in [-0.2, 0) is 10.0 Å². The summed E-state index contributed by atoms with van der Waals surface area (Å²) < 4.78 is 32.7. The minimum absolute atomic E-state index is 0.0815. The van der Waals surface area contributed by atoms with Crippen molar-refractivity contribution in [3.8, 4) is 11.5 Å². The fraction of sp³-hybridized carbons (Fsp3) is 0.100. The van der Waals surface area contributed by atoms with E-state index in [4.69, 9.17) is 4.74 Å². The summed E-state index contributed by atoms with van der Waals surface area (Å²) in [4.78, 5) is 16.4. The highest BCUT2D eigenvalue weighted by molar-refractivity contribution is 7.90. The number of aryl methyl sites for hydroxylation is 2. The lowest BCUT2D eigenvalue weighted by Gasteiger charge is -2.10. The van der Waals surface area contributed by atoms with Gasteiger partial charge in [-0.15, -0.1) is 0 Å². The van der Waals surface area contributed by atoms with Crippen molar-refractivity contribution in [1.82, 2.24) is 9.71 Å². The van der Waals surface area contributed by atoms with Gasteiger partial charge in [-0.1, -0.05) is 17.7 Å². The summed E-state index contributed by atoms with van der Waals surface area (Å²) in [6.45, 7) is 3.56. The molecule has 1 aromatic heterocycles. The molecular formula is C20H18N2O4S. The first-order chi connectivity index (χ1) is 12.8. The number of hydrogen-bond acceptors (Lipinski definition) is 5. The predicted molar refractivity (Wildman–Crippen MR) is 101 cm³/mol. The van der Waals surface area contributed by atoms with Crippen molar-refractivity contribution in [1.29, 1.82) is 0 Å². The number of ether oxygens (including phenoxy) is 1. The molecule has 6 nitrogen and oxygen atoms in total. The number of carbonyl (C=O) groups is 1. The van der Waals surface area contributed by atoms with Crippen LogP contribution in [0.1, 0.15) is 21.5 Å². The van der Waals surface area contributed by atoms with E-state index < -0.39 is 15.9 Å². The third-order valence-electron chi connectivity index (χ3n) is 3.83. The number of sulfonamides is 1. The van der Waals surface area contributed by atoms with Gasteiger partial charge in [-0.2, -0.15) is 0 Å². The highest BCUT2D eigenvalue weighted by atomic mass is 32.2. The number of rotatable bonds is 5. The lowest BCUT2D eigenvalue weighted by atomic mass is 10.2. The summed E-state index contributed by atoms with van der Waals surface area (Å²) in [5.41, 5.74) is 1.74. The molecular weight excluding hydrogens is 364 g/mol. The second-order valence-corrected chi connectivity index (χ2v) is 7.67. The maximum atomic E-state index is 12.5. The molecule has 0 aliphatic rings. The maximum Gasteiger partial charge on any atom is 0.265 e. The zero-order valence-electron chi connectivity index (χ0n) is 14.8. The molecule has 27 heavy (non-hydrogen) atoms. The van der Waals surface area contributed by atoms with E-state index in [1.165, 1.54) is 18.2 Å². The van der Waals surface area contributed by atoms with Crippen molar-refractivity contribution in [2.75, 3.05) is 0 Å². The van der Waals surface area contributed by atoms with Gasteiger partial charge in [0.2, 0.25) is 0 Å². The maximum absolute atomic E-state index is 12.5. The topological polar surface area (TPSA) is 85.4 Å². The van der Waals surface area contributed by atoms with Gasteiger partial charge in [0.15, 0.2) is 0 Å². The molecule has 0 saturated heterocycles. The van der Waals surface area contributed by atoms with E-state index in [0.29, 0.717) is 17.1 Å². The normalized spacial score (nSPS) is 11.0. The Balaban J connectivity index is 1.74. The molecule has 1 N–H and O–H groups in total. The Labute approximate surface area is 157 Å². The third-order valence-corrected chi connectivity index (χ3v) is 5.32. The molecule has 0 fully saturated rings. The average molecular weight is 382 g/mol. The molecule has 1 amide bonds. The zero-order valence-corrected chi connectivity index (χ0v) is 15.7. The molecule has 138 valence electrons. The number of amides is 1. The van der Waals surface area contributed by atoms with Crippen molar-refractivity contribution in [3.63, 3.8) is 0 Å². The third kappa shape index (κ3) is 4.51. The smallest absolute Gasteiger partial charge is 0.265 e. The van der Waals surface area contributed by atoms with Crippen LogP contribution in [0.5, 0.6) is 11.5 Å². The van der Waals surface area contributed by atoms with Crippen LogP contribution in [0.4, 0.5) is 0 Å². The van der Waals surface area contributed by atoms with Crippen LogP contribution < -0.4 is 9.46 Å². The van der Waals surface area contributed by atoms with Crippen LogP contribution in [-0.4, -0.2) is 19.3 Å². The second-order valence-electron chi connectivity index (χ2n) is 6.02. The van der Waals surface area contributed by atoms with Gasteiger partial charge in [-0.25, -0.2) is 13.1 Å². The van der Waals surface area contributed by atoms with Gasteiger partial charge in [-0.3, -0.25) is 9.78 Å². The number of carbonyl (C=O) groups excluding carboxylic acids is 1. The van der Waals surface area contributed by atoms with E-state index in [1.54, 1.807) is 55.7 Å². The Morgan fingerprint density at radius 1 is 1.00 bits per heavy atom. The van der Waals surface area contributed by atoms with Gasteiger partial charge in [-0.05, 0) is 61.9 Å². The Kier molecular flexibility index (Phi) is 5.23. The fourth-order valence-corrected chi connectivity index (χ4v) is 3.76. The summed E-state index contributed by atoms with van der Waals surface area (Å²) in [6, 6.07) is 14.6. The van der Waals surface area contributed by atoms with Gasteiger partial charge >= 0.3 is 0 Å². The Morgan fingerprint density at radius 3 is 2.37 bits per heavy atom. The monoisotopic (exact) mass is 382 g/mol. The number of nitrogens with zero attached hydrogens (tertiary/aromatic N) is 1. The summed E-state index contributed by atoms with van der Waals surface area (Å²) in [6.07, 6.45) is 3.20. The first kappa shape index (κ1) is 18.6. The first-order valence-electron chi connectivity index (χ1n) is 8.17. The summed E-state index contributed by atoms with van der Waals surface area (Å²) in [7, 11) is -3.95. The van der Waals surface area contributed by atoms with Crippen molar-refractivity contribution in [3.05, 3.63) is 83.7 Å². The highest BCUT2D eigenvalue weighted by Gasteiger charge is 2.20. The van der Waals surface area contributed by atoms with Crippen molar-refractivity contribution in [2.24, 2.45) is 0 Å². The molecule has 2 aromatic carbocycles. The van der Waals surface area contributed by atoms with E-state index in [0.717, 1.165) is 5.56 Å². The number of nitrogens with one attached hydrogen (secondary N) is 1. The first-order valence-corrected chi connectivity index (χ1v) is 9.66. The van der Waals surface area contributed by atoms with Crippen LogP contribution in [0, 0.1) is 13.8 Å². The number of pyridine rings is 1. The van der Waals surface area contributed by atoms with Gasteiger partial charge in [0.1, 0.15) is 11.5 Å². The molecule has 0 aliphatic heterocycles. The SMILES string of the molecule is Cc1ccc(S(=O)(=O)NC(=O)c2ccc(Oc3cccnc3)cc2)c(C)c1. The molecule has 3 aromatic rings. The van der Waals surface area contributed by atoms with Gasteiger partial charge in [0, 0.05) is 11.8 Å². The molecule has 0 radical (unpaired) electrons. The molecule has 0 aliphatic carbocycles. The molecule has 7 heteroatoms. The van der Waals surface area contributed by atoms with E-state index in [2.05, 4.69) is 9.71 Å². The van der Waals surface area contributed by atoms with Crippen LogP contribution in [0.15, 0.2) is 71.9 Å². The molecule has 0 saturated carbocycles. The number of aromatic nitrogens is 1. The molecule has 0 unspecified atom stereocenters. The number of benzene rings is 2. The summed E-state index contributed by atoms with van der Waals surface area (Å²) in [5, 5.41) is 0. The van der Waals surface area contributed by atoms with Gasteiger partial charge < -0.3 is 4.74 Å². The van der Waals surface area contributed by atoms with E-state index in [1.807, 2.05) is 6.92 Å². The van der Waals surface area contributed by atoms with Crippen molar-refractivity contribution in [2.45, 2.75) is 18.7 Å². The van der Waals surface area contributed by atoms with Crippen LogP contribution in [0.2, 0.25) is 0 Å². The average Bonchev–Trinajstić information content (AvgIpc) is 2.62. The second kappa shape index (κ2) is 7.59. The number of hydrogen-bond donors (Lipinski definition) is 1. The quantitative estimate of drug-likeness (QED) is 0.729. The van der Waals surface area contributed by atoms with Crippen LogP contribution >= 0.6 is 0 Å². The van der Waals surface area contributed by atoms with Gasteiger partial charge in [0.05, 0.1) is 11.1 Å². The summed E-state index contributed by atoms with van der Waals surface area (Å²) in [5.74, 6) is 0.367. The minimum atomic E-state index is -3.95. The predicted octanol–water partition coefficient (Wildman–Crippen LogP) is 3.61. The molecule has 0 spiro atoms. The zero-order chi connectivity index (χ0) is 19.4. The van der Waals surface area contributed by atoms with Gasteiger partial charge in [0.25, 0.3) is 15.9 Å². The lowest BCUT2D eigenvalue weighted by Crippen LogP contribution is -2.31. The van der Waals surface area contributed by atoms with Crippen LogP contribution in [0.25, 0.3) is 0 Å². The van der Waals surface area contributed by atoms with Crippen molar-refractivity contribution < 1.29 is 17.9 Å². The van der Waals surface area contributed by atoms with E-state index >= 15 is 0 Å². The fourth-order valence-electron chi connectivity index (χ4n) is 2.55. The molecule has 3 rings (SSSR count).